The Morgan fingerprint density at radius 1 is 1.26 bits per heavy atom. The number of halogens is 2. The van der Waals surface area contributed by atoms with Crippen LogP contribution in [-0.2, 0) is 4.79 Å². The van der Waals surface area contributed by atoms with Gasteiger partial charge < -0.3 is 10.2 Å². The van der Waals surface area contributed by atoms with Gasteiger partial charge in [0.25, 0.3) is 0 Å². The van der Waals surface area contributed by atoms with Crippen LogP contribution in [0.2, 0.25) is 0 Å². The van der Waals surface area contributed by atoms with E-state index in [9.17, 15) is 18.7 Å². The van der Waals surface area contributed by atoms with Gasteiger partial charge in [-0.2, -0.15) is 0 Å². The second kappa shape index (κ2) is 5.48. The number of rotatable bonds is 3. The standard InChI is InChI=1S/C14H14F2O3/c15-8-5-6-11(12(16)7-8)13(17)9-3-1-2-4-10(9)14(18)19/h1-2,5-7,9-10,13,17H,3-4H2,(H,18,19). The largest absolute Gasteiger partial charge is 0.481 e. The highest BCUT2D eigenvalue weighted by atomic mass is 19.1. The van der Waals surface area contributed by atoms with Crippen LogP contribution in [0.4, 0.5) is 8.78 Å². The van der Waals surface area contributed by atoms with Crippen LogP contribution in [0.25, 0.3) is 0 Å². The Balaban J connectivity index is 2.29. The molecule has 3 unspecified atom stereocenters. The first kappa shape index (κ1) is 13.7. The number of benzene rings is 1. The van der Waals surface area contributed by atoms with Crippen LogP contribution in [0.5, 0.6) is 0 Å². The van der Waals surface area contributed by atoms with E-state index in [1.807, 2.05) is 0 Å². The Morgan fingerprint density at radius 3 is 2.58 bits per heavy atom. The Morgan fingerprint density at radius 2 is 1.95 bits per heavy atom. The van der Waals surface area contributed by atoms with E-state index in [1.54, 1.807) is 12.2 Å². The highest BCUT2D eigenvalue weighted by Crippen LogP contribution is 2.37. The molecule has 1 aliphatic rings. The van der Waals surface area contributed by atoms with Gasteiger partial charge in [0.1, 0.15) is 11.6 Å². The maximum atomic E-state index is 13.6. The van der Waals surface area contributed by atoms with E-state index in [1.165, 1.54) is 0 Å². The molecule has 0 aliphatic heterocycles. The van der Waals surface area contributed by atoms with E-state index >= 15 is 0 Å². The predicted molar refractivity (Wildman–Crippen MR) is 64.3 cm³/mol. The van der Waals surface area contributed by atoms with Crippen molar-refractivity contribution in [3.05, 3.63) is 47.5 Å². The number of allylic oxidation sites excluding steroid dienone is 2. The van der Waals surface area contributed by atoms with Crippen LogP contribution in [-0.4, -0.2) is 16.2 Å². The van der Waals surface area contributed by atoms with Crippen molar-refractivity contribution < 1.29 is 23.8 Å². The van der Waals surface area contributed by atoms with Crippen LogP contribution in [0.3, 0.4) is 0 Å². The highest BCUT2D eigenvalue weighted by Gasteiger charge is 2.35. The Bertz CT molecular complexity index is 513. The van der Waals surface area contributed by atoms with E-state index in [0.717, 1.165) is 12.1 Å². The summed E-state index contributed by atoms with van der Waals surface area (Å²) in [5.74, 6) is -3.97. The Kier molecular flexibility index (Phi) is 3.95. The molecule has 0 spiro atoms. The number of carboxylic acid groups (broad SMARTS) is 1. The zero-order chi connectivity index (χ0) is 14.0. The fourth-order valence-electron chi connectivity index (χ4n) is 2.44. The van der Waals surface area contributed by atoms with Crippen LogP contribution >= 0.6 is 0 Å². The monoisotopic (exact) mass is 268 g/mol. The van der Waals surface area contributed by atoms with Crippen molar-refractivity contribution >= 4 is 5.97 Å². The quantitative estimate of drug-likeness (QED) is 0.829. The van der Waals surface area contributed by atoms with Crippen molar-refractivity contribution in [3.63, 3.8) is 0 Å². The topological polar surface area (TPSA) is 57.5 Å². The van der Waals surface area contributed by atoms with Gasteiger partial charge in [-0.1, -0.05) is 18.2 Å². The molecule has 0 radical (unpaired) electrons. The predicted octanol–water partition coefficient (Wildman–Crippen LogP) is 2.67. The van der Waals surface area contributed by atoms with E-state index < -0.39 is 35.5 Å². The van der Waals surface area contributed by atoms with Crippen LogP contribution in [0.1, 0.15) is 24.5 Å². The normalized spacial score (nSPS) is 24.2. The molecule has 19 heavy (non-hydrogen) atoms. The summed E-state index contributed by atoms with van der Waals surface area (Å²) >= 11 is 0. The van der Waals surface area contributed by atoms with Crippen molar-refractivity contribution in [1.29, 1.82) is 0 Å². The van der Waals surface area contributed by atoms with E-state index in [4.69, 9.17) is 5.11 Å². The first-order chi connectivity index (χ1) is 9.00. The van der Waals surface area contributed by atoms with Crippen molar-refractivity contribution in [1.82, 2.24) is 0 Å². The summed E-state index contributed by atoms with van der Waals surface area (Å²) in [6.45, 7) is 0. The molecule has 3 nitrogen and oxygen atoms in total. The van der Waals surface area contributed by atoms with Gasteiger partial charge in [0, 0.05) is 17.5 Å². The molecule has 1 aromatic carbocycles. The van der Waals surface area contributed by atoms with Gasteiger partial charge in [0.2, 0.25) is 0 Å². The van der Waals surface area contributed by atoms with Crippen molar-refractivity contribution in [2.24, 2.45) is 11.8 Å². The SMILES string of the molecule is O=C(O)C1CC=CCC1C(O)c1ccc(F)cc1F. The lowest BCUT2D eigenvalue weighted by molar-refractivity contribution is -0.145. The molecule has 2 rings (SSSR count). The minimum Gasteiger partial charge on any atom is -0.481 e. The van der Waals surface area contributed by atoms with Crippen LogP contribution < -0.4 is 0 Å². The fourth-order valence-corrected chi connectivity index (χ4v) is 2.44. The minimum absolute atomic E-state index is 0.0621. The summed E-state index contributed by atoms with van der Waals surface area (Å²) in [4.78, 5) is 11.1. The summed E-state index contributed by atoms with van der Waals surface area (Å²) < 4.78 is 26.4. The fraction of sp³-hybridized carbons (Fsp3) is 0.357. The van der Waals surface area contributed by atoms with Gasteiger partial charge in [-0.15, -0.1) is 0 Å². The smallest absolute Gasteiger partial charge is 0.307 e. The average Bonchev–Trinajstić information content (AvgIpc) is 2.38. The molecule has 5 heteroatoms. The molecule has 0 aromatic heterocycles. The van der Waals surface area contributed by atoms with Gasteiger partial charge in [-0.25, -0.2) is 8.78 Å². The number of aliphatic hydroxyl groups is 1. The zero-order valence-corrected chi connectivity index (χ0v) is 10.1. The molecule has 3 atom stereocenters. The maximum absolute atomic E-state index is 13.6. The number of aliphatic hydroxyl groups excluding tert-OH is 1. The van der Waals surface area contributed by atoms with Crippen LogP contribution in [0, 0.1) is 23.5 Å². The molecule has 1 aromatic rings. The molecule has 0 amide bonds. The average molecular weight is 268 g/mol. The number of hydrogen-bond acceptors (Lipinski definition) is 2. The van der Waals surface area contributed by atoms with Gasteiger partial charge in [0.05, 0.1) is 12.0 Å². The zero-order valence-electron chi connectivity index (χ0n) is 10.1. The summed E-state index contributed by atoms with van der Waals surface area (Å²) in [7, 11) is 0. The minimum atomic E-state index is -1.26. The molecular formula is C14H14F2O3. The Hall–Kier alpha value is -1.75. The summed E-state index contributed by atoms with van der Waals surface area (Å²) in [5.41, 5.74) is -0.0621. The van der Waals surface area contributed by atoms with Gasteiger partial charge in [0.15, 0.2) is 0 Å². The second-order valence-electron chi connectivity index (χ2n) is 4.66. The number of carboxylic acids is 1. The molecule has 0 heterocycles. The van der Waals surface area contributed by atoms with Crippen molar-refractivity contribution in [3.8, 4) is 0 Å². The van der Waals surface area contributed by atoms with Crippen molar-refractivity contribution in [2.45, 2.75) is 18.9 Å². The molecule has 0 fully saturated rings. The van der Waals surface area contributed by atoms with E-state index in [-0.39, 0.29) is 5.56 Å². The third-order valence-corrected chi connectivity index (χ3v) is 3.49. The maximum Gasteiger partial charge on any atom is 0.307 e. The van der Waals surface area contributed by atoms with Crippen LogP contribution in [0.15, 0.2) is 30.4 Å². The van der Waals surface area contributed by atoms with Gasteiger partial charge in [-0.05, 0) is 18.9 Å². The van der Waals surface area contributed by atoms with E-state index in [2.05, 4.69) is 0 Å². The first-order valence-electron chi connectivity index (χ1n) is 6.01. The molecule has 2 N–H and O–H groups in total. The summed E-state index contributed by atoms with van der Waals surface area (Å²) in [5, 5.41) is 19.3. The second-order valence-corrected chi connectivity index (χ2v) is 4.66. The first-order valence-corrected chi connectivity index (χ1v) is 6.01. The summed E-state index contributed by atoms with van der Waals surface area (Å²) in [6, 6.07) is 2.90. The molecule has 0 saturated carbocycles. The van der Waals surface area contributed by atoms with E-state index in [0.29, 0.717) is 18.9 Å². The number of aliphatic carboxylic acids is 1. The highest BCUT2D eigenvalue weighted by molar-refractivity contribution is 5.71. The molecule has 0 bridgehead atoms. The third kappa shape index (κ3) is 2.81. The lowest BCUT2D eigenvalue weighted by atomic mass is 9.77. The molecule has 1 aliphatic carbocycles. The summed E-state index contributed by atoms with van der Waals surface area (Å²) in [6.07, 6.45) is 2.92. The number of hydrogen-bond donors (Lipinski definition) is 2. The van der Waals surface area contributed by atoms with Crippen molar-refractivity contribution in [2.75, 3.05) is 0 Å². The molecule has 0 saturated heterocycles. The lowest BCUT2D eigenvalue weighted by Gasteiger charge is -2.29. The third-order valence-electron chi connectivity index (χ3n) is 3.49. The Labute approximate surface area is 109 Å². The lowest BCUT2D eigenvalue weighted by Crippen LogP contribution is -2.30. The number of carbonyl (C=O) groups is 1. The molecular weight excluding hydrogens is 254 g/mol. The molecule has 102 valence electrons. The van der Waals surface area contributed by atoms with Gasteiger partial charge in [-0.3, -0.25) is 4.79 Å². The van der Waals surface area contributed by atoms with Gasteiger partial charge >= 0.3 is 5.97 Å².